The standard InChI is InChI=1S/C13H18O4/c1-6-10-8(2)7-13(9(10)3,11(14)16-4)12(15)17-5/h6,9-10H,1-2,7H2,3-5H3/t9-,10+/m1/s1. The molecule has 0 spiro atoms. The molecule has 1 rings (SSSR count). The molecule has 0 aromatic heterocycles. The lowest BCUT2D eigenvalue weighted by atomic mass is 9.76. The zero-order valence-electron chi connectivity index (χ0n) is 10.5. The van der Waals surface area contributed by atoms with Gasteiger partial charge in [-0.2, -0.15) is 0 Å². The van der Waals surface area contributed by atoms with Crippen LogP contribution in [0.4, 0.5) is 0 Å². The van der Waals surface area contributed by atoms with E-state index in [1.165, 1.54) is 14.2 Å². The van der Waals surface area contributed by atoms with Gasteiger partial charge in [-0.15, -0.1) is 6.58 Å². The fourth-order valence-electron chi connectivity index (χ4n) is 2.63. The topological polar surface area (TPSA) is 52.6 Å². The van der Waals surface area contributed by atoms with Crippen molar-refractivity contribution in [2.45, 2.75) is 13.3 Å². The molecule has 0 N–H and O–H groups in total. The number of hydrogen-bond donors (Lipinski definition) is 0. The molecule has 0 bridgehead atoms. The van der Waals surface area contributed by atoms with E-state index in [0.717, 1.165) is 5.57 Å². The molecule has 0 heterocycles. The van der Waals surface area contributed by atoms with Gasteiger partial charge < -0.3 is 9.47 Å². The predicted octanol–water partition coefficient (Wildman–Crippen LogP) is 1.72. The Kier molecular flexibility index (Phi) is 3.76. The SMILES string of the molecule is C=C[C@H]1C(=C)CC(C(=O)OC)(C(=O)OC)[C@@H]1C. The minimum absolute atomic E-state index is 0.0757. The van der Waals surface area contributed by atoms with Crippen molar-refractivity contribution in [3.05, 3.63) is 24.8 Å². The van der Waals surface area contributed by atoms with Crippen molar-refractivity contribution in [3.8, 4) is 0 Å². The number of rotatable bonds is 3. The van der Waals surface area contributed by atoms with Crippen LogP contribution in [-0.2, 0) is 19.1 Å². The van der Waals surface area contributed by atoms with Gasteiger partial charge in [0.25, 0.3) is 0 Å². The fourth-order valence-corrected chi connectivity index (χ4v) is 2.63. The van der Waals surface area contributed by atoms with Crippen molar-refractivity contribution >= 4 is 11.9 Å². The smallest absolute Gasteiger partial charge is 0.323 e. The molecule has 0 aromatic carbocycles. The van der Waals surface area contributed by atoms with Gasteiger partial charge in [-0.1, -0.05) is 25.2 Å². The van der Waals surface area contributed by atoms with Crippen LogP contribution in [0.2, 0.25) is 0 Å². The summed E-state index contributed by atoms with van der Waals surface area (Å²) in [5, 5.41) is 0. The third-order valence-corrected chi connectivity index (χ3v) is 3.65. The quantitative estimate of drug-likeness (QED) is 0.427. The van der Waals surface area contributed by atoms with Gasteiger partial charge in [0.1, 0.15) is 0 Å². The molecule has 0 aromatic rings. The van der Waals surface area contributed by atoms with Gasteiger partial charge >= 0.3 is 11.9 Å². The molecule has 1 aliphatic rings. The summed E-state index contributed by atoms with van der Waals surface area (Å²) in [5.74, 6) is -1.47. The summed E-state index contributed by atoms with van der Waals surface area (Å²) < 4.78 is 9.51. The minimum atomic E-state index is -1.28. The van der Waals surface area contributed by atoms with Crippen LogP contribution in [0.1, 0.15) is 13.3 Å². The summed E-state index contributed by atoms with van der Waals surface area (Å²) >= 11 is 0. The molecule has 0 saturated heterocycles. The Morgan fingerprint density at radius 1 is 1.35 bits per heavy atom. The molecule has 1 aliphatic carbocycles. The van der Waals surface area contributed by atoms with Crippen LogP contribution in [-0.4, -0.2) is 26.2 Å². The summed E-state index contributed by atoms with van der Waals surface area (Å²) in [5.41, 5.74) is -0.470. The molecule has 0 aliphatic heterocycles. The van der Waals surface area contributed by atoms with E-state index in [1.807, 2.05) is 6.92 Å². The highest BCUT2D eigenvalue weighted by atomic mass is 16.5. The molecular formula is C13H18O4. The lowest BCUT2D eigenvalue weighted by Gasteiger charge is -2.28. The van der Waals surface area contributed by atoms with Gasteiger partial charge in [-0.25, -0.2) is 0 Å². The van der Waals surface area contributed by atoms with Gasteiger partial charge in [-0.05, 0) is 12.3 Å². The van der Waals surface area contributed by atoms with E-state index >= 15 is 0 Å². The van der Waals surface area contributed by atoms with Crippen molar-refractivity contribution < 1.29 is 19.1 Å². The maximum Gasteiger partial charge on any atom is 0.323 e. The van der Waals surface area contributed by atoms with E-state index in [2.05, 4.69) is 13.2 Å². The average molecular weight is 238 g/mol. The van der Waals surface area contributed by atoms with Crippen LogP contribution in [0.3, 0.4) is 0 Å². The first-order chi connectivity index (χ1) is 7.95. The Morgan fingerprint density at radius 2 is 1.82 bits per heavy atom. The molecule has 94 valence electrons. The summed E-state index contributed by atoms with van der Waals surface area (Å²) in [7, 11) is 2.54. The monoisotopic (exact) mass is 238 g/mol. The van der Waals surface area contributed by atoms with Gasteiger partial charge in [0.2, 0.25) is 0 Å². The van der Waals surface area contributed by atoms with Crippen LogP contribution >= 0.6 is 0 Å². The number of carbonyl (C=O) groups excluding carboxylic acids is 2. The second-order valence-corrected chi connectivity index (χ2v) is 4.34. The molecule has 4 nitrogen and oxygen atoms in total. The van der Waals surface area contributed by atoms with E-state index in [4.69, 9.17) is 9.47 Å². The van der Waals surface area contributed by atoms with Crippen LogP contribution in [0.25, 0.3) is 0 Å². The molecule has 4 heteroatoms. The van der Waals surface area contributed by atoms with Crippen molar-refractivity contribution in [1.82, 2.24) is 0 Å². The maximum absolute atomic E-state index is 12.0. The van der Waals surface area contributed by atoms with Gasteiger partial charge in [0.05, 0.1) is 14.2 Å². The Bertz CT molecular complexity index is 354. The lowest BCUT2D eigenvalue weighted by molar-refractivity contribution is -0.172. The summed E-state index contributed by atoms with van der Waals surface area (Å²) in [4.78, 5) is 23.9. The number of methoxy groups -OCH3 is 2. The zero-order chi connectivity index (χ0) is 13.2. The van der Waals surface area contributed by atoms with Crippen LogP contribution in [0.15, 0.2) is 24.8 Å². The molecule has 1 fully saturated rings. The zero-order valence-corrected chi connectivity index (χ0v) is 10.5. The predicted molar refractivity (Wildman–Crippen MR) is 63.1 cm³/mol. The van der Waals surface area contributed by atoms with Crippen molar-refractivity contribution in [2.24, 2.45) is 17.3 Å². The summed E-state index contributed by atoms with van der Waals surface area (Å²) in [6, 6.07) is 0. The second kappa shape index (κ2) is 4.73. The first-order valence-electron chi connectivity index (χ1n) is 5.42. The number of esters is 2. The fraction of sp³-hybridized carbons (Fsp3) is 0.538. The van der Waals surface area contributed by atoms with Crippen LogP contribution < -0.4 is 0 Å². The Morgan fingerprint density at radius 3 is 2.12 bits per heavy atom. The van der Waals surface area contributed by atoms with Gasteiger partial charge in [-0.3, -0.25) is 9.59 Å². The van der Waals surface area contributed by atoms with E-state index in [-0.39, 0.29) is 18.3 Å². The molecule has 17 heavy (non-hydrogen) atoms. The van der Waals surface area contributed by atoms with Crippen molar-refractivity contribution in [2.75, 3.05) is 14.2 Å². The first-order valence-corrected chi connectivity index (χ1v) is 5.42. The highest BCUT2D eigenvalue weighted by molar-refractivity contribution is 6.01. The van der Waals surface area contributed by atoms with Gasteiger partial charge in [0, 0.05) is 5.92 Å². The minimum Gasteiger partial charge on any atom is -0.468 e. The third kappa shape index (κ3) is 1.77. The number of hydrogen-bond acceptors (Lipinski definition) is 4. The molecular weight excluding hydrogens is 220 g/mol. The van der Waals surface area contributed by atoms with E-state index in [0.29, 0.717) is 0 Å². The van der Waals surface area contributed by atoms with E-state index in [1.54, 1.807) is 6.08 Å². The number of allylic oxidation sites excluding steroid dienone is 2. The molecule has 0 radical (unpaired) electrons. The summed E-state index contributed by atoms with van der Waals surface area (Å²) in [6.45, 7) is 9.43. The Balaban J connectivity index is 3.27. The number of carbonyl (C=O) groups is 2. The summed E-state index contributed by atoms with van der Waals surface area (Å²) in [6.07, 6.45) is 1.96. The number of ether oxygens (including phenoxy) is 2. The van der Waals surface area contributed by atoms with Crippen molar-refractivity contribution in [1.29, 1.82) is 0 Å². The molecule has 0 unspecified atom stereocenters. The maximum atomic E-state index is 12.0. The molecule has 0 amide bonds. The lowest BCUT2D eigenvalue weighted by Crippen LogP contribution is -2.44. The van der Waals surface area contributed by atoms with Crippen LogP contribution in [0, 0.1) is 17.3 Å². The average Bonchev–Trinajstić information content (AvgIpc) is 2.59. The highest BCUT2D eigenvalue weighted by Crippen LogP contribution is 2.51. The molecule has 2 atom stereocenters. The highest BCUT2D eigenvalue weighted by Gasteiger charge is 2.59. The van der Waals surface area contributed by atoms with E-state index < -0.39 is 17.4 Å². The largest absolute Gasteiger partial charge is 0.468 e. The van der Waals surface area contributed by atoms with E-state index in [9.17, 15) is 9.59 Å². The van der Waals surface area contributed by atoms with Gasteiger partial charge in [0.15, 0.2) is 5.41 Å². The Hall–Kier alpha value is -1.58. The Labute approximate surface area is 101 Å². The normalized spacial score (nSPS) is 26.4. The third-order valence-electron chi connectivity index (χ3n) is 3.65. The second-order valence-electron chi connectivity index (χ2n) is 4.34. The van der Waals surface area contributed by atoms with Crippen LogP contribution in [0.5, 0.6) is 0 Å². The molecule has 1 saturated carbocycles. The van der Waals surface area contributed by atoms with Crippen molar-refractivity contribution in [3.63, 3.8) is 0 Å². The first kappa shape index (κ1) is 13.5.